The smallest absolute Gasteiger partial charge is 0.381 e. The molecule has 1 aromatic heterocycles. The molecule has 24 heavy (non-hydrogen) atoms. The summed E-state index contributed by atoms with van der Waals surface area (Å²) in [5, 5.41) is 5.27. The van der Waals surface area contributed by atoms with Crippen molar-refractivity contribution in [2.75, 3.05) is 31.6 Å². The number of hydrogen-bond acceptors (Lipinski definition) is 6. The number of anilines is 1. The van der Waals surface area contributed by atoms with Crippen LogP contribution in [0.1, 0.15) is 18.5 Å². The fraction of sp³-hybridized carbons (Fsp3) is 0.615. The number of nitrogens with two attached hydrogens (primary N) is 1. The summed E-state index contributed by atoms with van der Waals surface area (Å²) in [6, 6.07) is 0.788. The van der Waals surface area contributed by atoms with E-state index in [1.807, 2.05) is 0 Å². The molecular formula is C13H19ClF3N5O2. The van der Waals surface area contributed by atoms with Crippen LogP contribution < -0.4 is 16.4 Å². The summed E-state index contributed by atoms with van der Waals surface area (Å²) in [6.07, 6.45) is -2.64. The predicted octanol–water partition coefficient (Wildman–Crippen LogP) is 0.953. The second-order valence-corrected chi connectivity index (χ2v) is 5.21. The SMILES string of the molecule is Cl.NC1(C(=O)NCCNc2nccc(C(F)(F)F)n2)CCOCC1. The lowest BCUT2D eigenvalue weighted by Gasteiger charge is -2.31. The van der Waals surface area contributed by atoms with Gasteiger partial charge in [0.15, 0.2) is 0 Å². The molecule has 4 N–H and O–H groups in total. The first-order valence-electron chi connectivity index (χ1n) is 7.10. The third kappa shape index (κ3) is 5.46. The fourth-order valence-corrected chi connectivity index (χ4v) is 2.09. The molecule has 0 bridgehead atoms. The number of halogens is 4. The Balaban J connectivity index is 0.00000288. The Kier molecular flexibility index (Phi) is 7.18. The number of nitrogens with one attached hydrogen (secondary N) is 2. The lowest BCUT2D eigenvalue weighted by atomic mass is 9.90. The molecule has 2 rings (SSSR count). The standard InChI is InChI=1S/C13H18F3N5O2.ClH/c14-13(15,16)9-1-4-19-11(21-9)20-6-5-18-10(22)12(17)2-7-23-8-3-12;/h1,4H,2-3,5-8,17H2,(H,18,22)(H,19,20,21);1H. The predicted molar refractivity (Wildman–Crippen MR) is 82.8 cm³/mol. The molecule has 0 aliphatic carbocycles. The van der Waals surface area contributed by atoms with Crippen LogP contribution in [-0.2, 0) is 15.7 Å². The summed E-state index contributed by atoms with van der Waals surface area (Å²) < 4.78 is 42.7. The Bertz CT molecular complexity index is 553. The third-order valence-corrected chi connectivity index (χ3v) is 3.48. The molecule has 0 unspecified atom stereocenters. The van der Waals surface area contributed by atoms with Gasteiger partial charge in [-0.1, -0.05) is 0 Å². The van der Waals surface area contributed by atoms with Crippen LogP contribution in [0, 0.1) is 0 Å². The number of carbonyl (C=O) groups excluding carboxylic acids is 1. The van der Waals surface area contributed by atoms with E-state index in [1.54, 1.807) is 0 Å². The second-order valence-electron chi connectivity index (χ2n) is 5.21. The quantitative estimate of drug-likeness (QED) is 0.668. The van der Waals surface area contributed by atoms with Crippen LogP contribution in [0.5, 0.6) is 0 Å². The molecule has 0 radical (unpaired) electrons. The number of ether oxygens (including phenoxy) is 1. The van der Waals surface area contributed by atoms with Gasteiger partial charge in [-0.25, -0.2) is 9.97 Å². The van der Waals surface area contributed by atoms with Crippen LogP contribution in [0.2, 0.25) is 0 Å². The zero-order valence-corrected chi connectivity index (χ0v) is 13.5. The summed E-state index contributed by atoms with van der Waals surface area (Å²) in [4.78, 5) is 19.1. The van der Waals surface area contributed by atoms with Crippen LogP contribution in [0.15, 0.2) is 12.3 Å². The molecule has 0 atom stereocenters. The molecular weight excluding hydrogens is 351 g/mol. The monoisotopic (exact) mass is 369 g/mol. The van der Waals surface area contributed by atoms with E-state index >= 15 is 0 Å². The van der Waals surface area contributed by atoms with Gasteiger partial charge >= 0.3 is 6.18 Å². The van der Waals surface area contributed by atoms with Crippen molar-refractivity contribution in [2.45, 2.75) is 24.6 Å². The highest BCUT2D eigenvalue weighted by molar-refractivity contribution is 5.86. The molecule has 7 nitrogen and oxygen atoms in total. The molecule has 2 heterocycles. The molecule has 0 aromatic carbocycles. The minimum atomic E-state index is -4.53. The van der Waals surface area contributed by atoms with Crippen LogP contribution in [0.4, 0.5) is 19.1 Å². The first-order valence-corrected chi connectivity index (χ1v) is 7.10. The number of nitrogens with zero attached hydrogens (tertiary/aromatic N) is 2. The lowest BCUT2D eigenvalue weighted by Crippen LogP contribution is -2.57. The highest BCUT2D eigenvalue weighted by Crippen LogP contribution is 2.27. The maximum Gasteiger partial charge on any atom is 0.433 e. The Labute approximate surface area is 143 Å². The fourth-order valence-electron chi connectivity index (χ4n) is 2.09. The summed E-state index contributed by atoms with van der Waals surface area (Å²) in [6.45, 7) is 1.23. The van der Waals surface area contributed by atoms with Gasteiger partial charge in [0.05, 0.1) is 5.54 Å². The van der Waals surface area contributed by atoms with Gasteiger partial charge in [-0.05, 0) is 18.9 Å². The van der Waals surface area contributed by atoms with Crippen molar-refractivity contribution >= 4 is 24.3 Å². The Morgan fingerprint density at radius 1 is 1.33 bits per heavy atom. The molecule has 1 aromatic rings. The molecule has 1 fully saturated rings. The van der Waals surface area contributed by atoms with Crippen LogP contribution >= 0.6 is 12.4 Å². The number of amides is 1. The summed E-state index contributed by atoms with van der Waals surface area (Å²) in [5.41, 5.74) is 4.02. The van der Waals surface area contributed by atoms with Crippen molar-refractivity contribution < 1.29 is 22.7 Å². The number of alkyl halides is 3. The summed E-state index contributed by atoms with van der Waals surface area (Å²) in [7, 11) is 0. The third-order valence-electron chi connectivity index (χ3n) is 3.48. The number of hydrogen-bond donors (Lipinski definition) is 3. The molecule has 1 aliphatic heterocycles. The van der Waals surface area contributed by atoms with Crippen LogP contribution in [0.25, 0.3) is 0 Å². The lowest BCUT2D eigenvalue weighted by molar-refractivity contribution is -0.141. The Morgan fingerprint density at radius 2 is 2.00 bits per heavy atom. The molecule has 11 heteroatoms. The Hall–Kier alpha value is -1.65. The van der Waals surface area contributed by atoms with Gasteiger partial charge in [-0.15, -0.1) is 12.4 Å². The number of aromatic nitrogens is 2. The van der Waals surface area contributed by atoms with E-state index in [9.17, 15) is 18.0 Å². The first-order chi connectivity index (χ1) is 10.8. The van der Waals surface area contributed by atoms with Crippen LogP contribution in [-0.4, -0.2) is 47.7 Å². The molecule has 1 saturated heterocycles. The van der Waals surface area contributed by atoms with E-state index in [0.29, 0.717) is 26.1 Å². The zero-order valence-electron chi connectivity index (χ0n) is 12.7. The summed E-state index contributed by atoms with van der Waals surface area (Å²) >= 11 is 0. The van der Waals surface area contributed by atoms with E-state index < -0.39 is 17.4 Å². The second kappa shape index (κ2) is 8.45. The van der Waals surface area contributed by atoms with Gasteiger partial charge in [-0.3, -0.25) is 4.79 Å². The van der Waals surface area contributed by atoms with E-state index in [0.717, 1.165) is 12.3 Å². The average molecular weight is 370 g/mol. The van der Waals surface area contributed by atoms with E-state index in [-0.39, 0.29) is 37.4 Å². The number of carbonyl (C=O) groups is 1. The van der Waals surface area contributed by atoms with Crippen molar-refractivity contribution in [2.24, 2.45) is 5.73 Å². The Morgan fingerprint density at radius 3 is 2.62 bits per heavy atom. The van der Waals surface area contributed by atoms with Gasteiger partial charge < -0.3 is 21.1 Å². The van der Waals surface area contributed by atoms with E-state index in [4.69, 9.17) is 10.5 Å². The highest BCUT2D eigenvalue weighted by Gasteiger charge is 2.35. The average Bonchev–Trinajstić information content (AvgIpc) is 2.51. The molecule has 1 amide bonds. The van der Waals surface area contributed by atoms with Gasteiger partial charge in [0.25, 0.3) is 0 Å². The normalized spacial score (nSPS) is 16.8. The highest BCUT2D eigenvalue weighted by atomic mass is 35.5. The van der Waals surface area contributed by atoms with E-state index in [1.165, 1.54) is 0 Å². The van der Waals surface area contributed by atoms with Crippen molar-refractivity contribution in [3.05, 3.63) is 18.0 Å². The zero-order chi connectivity index (χ0) is 16.9. The molecule has 0 spiro atoms. The van der Waals surface area contributed by atoms with Crippen molar-refractivity contribution in [3.8, 4) is 0 Å². The van der Waals surface area contributed by atoms with Crippen molar-refractivity contribution in [1.29, 1.82) is 0 Å². The van der Waals surface area contributed by atoms with E-state index in [2.05, 4.69) is 20.6 Å². The van der Waals surface area contributed by atoms with Crippen molar-refractivity contribution in [1.82, 2.24) is 15.3 Å². The van der Waals surface area contributed by atoms with Crippen molar-refractivity contribution in [3.63, 3.8) is 0 Å². The van der Waals surface area contributed by atoms with Crippen LogP contribution in [0.3, 0.4) is 0 Å². The minimum absolute atomic E-state index is 0. The van der Waals surface area contributed by atoms with Gasteiger partial charge in [-0.2, -0.15) is 13.2 Å². The molecule has 0 saturated carbocycles. The minimum Gasteiger partial charge on any atom is -0.381 e. The maximum atomic E-state index is 12.5. The first kappa shape index (κ1) is 20.4. The maximum absolute atomic E-state index is 12.5. The van der Waals surface area contributed by atoms with Gasteiger partial charge in [0.2, 0.25) is 11.9 Å². The topological polar surface area (TPSA) is 102 Å². The molecule has 136 valence electrons. The van der Waals surface area contributed by atoms with Gasteiger partial charge in [0, 0.05) is 32.5 Å². The molecule has 1 aliphatic rings. The van der Waals surface area contributed by atoms with Gasteiger partial charge in [0.1, 0.15) is 5.69 Å². The largest absolute Gasteiger partial charge is 0.433 e. The summed E-state index contributed by atoms with van der Waals surface area (Å²) in [5.74, 6) is -0.449. The number of rotatable bonds is 5.